The van der Waals surface area contributed by atoms with Crippen molar-refractivity contribution in [1.29, 1.82) is 0 Å². The highest BCUT2D eigenvalue weighted by molar-refractivity contribution is 5.87. The summed E-state index contributed by atoms with van der Waals surface area (Å²) in [6.07, 6.45) is 4.64. The highest BCUT2D eigenvalue weighted by Crippen LogP contribution is 2.32. The summed E-state index contributed by atoms with van der Waals surface area (Å²) in [5.74, 6) is 0. The number of benzene rings is 1. The van der Waals surface area contributed by atoms with E-state index in [9.17, 15) is 5.21 Å². The molecule has 90 valence electrons. The molecule has 0 saturated carbocycles. The van der Waals surface area contributed by atoms with Gasteiger partial charge in [0.1, 0.15) is 0 Å². The molecule has 3 rings (SSSR count). The smallest absolute Gasteiger partial charge is 0.164 e. The molecule has 1 heterocycles. The van der Waals surface area contributed by atoms with Crippen LogP contribution in [0, 0.1) is 5.21 Å². The average Bonchev–Trinajstić information content (AvgIpc) is 2.64. The molecule has 0 radical (unpaired) electrons. The summed E-state index contributed by atoms with van der Waals surface area (Å²) >= 11 is 0. The van der Waals surface area contributed by atoms with Crippen LogP contribution in [-0.2, 0) is 19.9 Å². The Morgan fingerprint density at radius 2 is 2.06 bits per heavy atom. The number of aryl methyl sites for hydroxylation is 2. The van der Waals surface area contributed by atoms with Crippen LogP contribution in [0.5, 0.6) is 0 Å². The minimum atomic E-state index is -0.847. The van der Waals surface area contributed by atoms with Gasteiger partial charge in [0.05, 0.1) is 0 Å². The molecular weight excluding hydrogens is 216 g/mol. The zero-order valence-electron chi connectivity index (χ0n) is 9.86. The summed E-state index contributed by atoms with van der Waals surface area (Å²) in [5, 5.41) is 20.3. The lowest BCUT2D eigenvalue weighted by molar-refractivity contribution is -0.991. The quantitative estimate of drug-likeness (QED) is 0.731. The summed E-state index contributed by atoms with van der Waals surface area (Å²) in [5.41, 5.74) is 4.28. The highest BCUT2D eigenvalue weighted by atomic mass is 16.8. The molecular formula is C13H16N2O2. The van der Waals surface area contributed by atoms with Crippen molar-refractivity contribution in [2.45, 2.75) is 25.7 Å². The Hall–Kier alpha value is -1.36. The molecule has 1 aliphatic carbocycles. The van der Waals surface area contributed by atoms with Gasteiger partial charge in [0.15, 0.2) is 5.69 Å². The summed E-state index contributed by atoms with van der Waals surface area (Å²) in [4.78, 5) is 0. The first-order valence-electron chi connectivity index (χ1n) is 6.02. The van der Waals surface area contributed by atoms with Gasteiger partial charge in [-0.2, -0.15) is 5.23 Å². The second-order valence-corrected chi connectivity index (χ2v) is 4.73. The first kappa shape index (κ1) is 10.8. The largest absolute Gasteiger partial charge is 0.595 e. The number of nitrogens with one attached hydrogen (secondary N) is 1. The van der Waals surface area contributed by atoms with Crippen molar-refractivity contribution in [3.8, 4) is 0 Å². The van der Waals surface area contributed by atoms with Crippen molar-refractivity contribution in [2.24, 2.45) is 7.05 Å². The predicted molar refractivity (Wildman–Crippen MR) is 65.3 cm³/mol. The number of fused-ring (bicyclic) bond motifs is 3. The molecule has 0 spiro atoms. The van der Waals surface area contributed by atoms with Gasteiger partial charge >= 0.3 is 0 Å². The molecule has 0 fully saturated rings. The minimum Gasteiger partial charge on any atom is -0.595 e. The van der Waals surface area contributed by atoms with Crippen molar-refractivity contribution in [3.05, 3.63) is 34.7 Å². The maximum Gasteiger partial charge on any atom is 0.164 e. The summed E-state index contributed by atoms with van der Waals surface area (Å²) in [6, 6.07) is 5.44. The molecule has 0 saturated heterocycles. The molecule has 1 aromatic carbocycles. The Bertz CT molecular complexity index is 572. The number of quaternary nitrogens is 1. The molecule has 2 N–H and O–H groups in total. The lowest BCUT2D eigenvalue weighted by Crippen LogP contribution is -2.99. The molecule has 1 aliphatic rings. The summed E-state index contributed by atoms with van der Waals surface area (Å²) < 4.78 is 2.22. The van der Waals surface area contributed by atoms with E-state index in [4.69, 9.17) is 5.21 Å². The van der Waals surface area contributed by atoms with Crippen LogP contribution in [0.4, 0.5) is 5.69 Å². The molecule has 4 heteroatoms. The van der Waals surface area contributed by atoms with E-state index in [0.717, 1.165) is 23.7 Å². The minimum absolute atomic E-state index is 0.386. The lowest BCUT2D eigenvalue weighted by Gasteiger charge is -2.13. The molecule has 1 unspecified atom stereocenters. The maximum absolute atomic E-state index is 11.0. The Kier molecular flexibility index (Phi) is 2.43. The second kappa shape index (κ2) is 3.84. The maximum atomic E-state index is 11.0. The monoisotopic (exact) mass is 232 g/mol. The van der Waals surface area contributed by atoms with Gasteiger partial charge in [-0.15, -0.1) is 0 Å². The van der Waals surface area contributed by atoms with E-state index in [2.05, 4.69) is 11.6 Å². The number of hydrogen-bond donors (Lipinski definition) is 2. The van der Waals surface area contributed by atoms with Gasteiger partial charge in [-0.25, -0.2) is 5.21 Å². The predicted octanol–water partition coefficient (Wildman–Crippen LogP) is 1.46. The van der Waals surface area contributed by atoms with Gasteiger partial charge in [0, 0.05) is 35.8 Å². The topological polar surface area (TPSA) is 52.7 Å². The van der Waals surface area contributed by atoms with Gasteiger partial charge in [-0.1, -0.05) is 0 Å². The summed E-state index contributed by atoms with van der Waals surface area (Å²) in [7, 11) is 2.08. The van der Waals surface area contributed by atoms with Gasteiger partial charge in [-0.3, -0.25) is 0 Å². The van der Waals surface area contributed by atoms with Crippen LogP contribution in [0.3, 0.4) is 0 Å². The van der Waals surface area contributed by atoms with Crippen LogP contribution in [0.1, 0.15) is 24.1 Å². The first-order valence-corrected chi connectivity index (χ1v) is 6.02. The summed E-state index contributed by atoms with van der Waals surface area (Å²) in [6.45, 7) is 0. The number of nitrogens with zero attached hydrogens (tertiary/aromatic N) is 1. The Morgan fingerprint density at radius 1 is 1.29 bits per heavy atom. The fourth-order valence-electron chi connectivity index (χ4n) is 2.90. The fraction of sp³-hybridized carbons (Fsp3) is 0.385. The Labute approximate surface area is 99.6 Å². The fourth-order valence-corrected chi connectivity index (χ4v) is 2.90. The SMILES string of the molecule is Cn1c2c(c3cc([NH+]([O-])O)ccc31)CCCC2. The van der Waals surface area contributed by atoms with Crippen molar-refractivity contribution in [3.63, 3.8) is 0 Å². The van der Waals surface area contributed by atoms with Crippen molar-refractivity contribution in [2.75, 3.05) is 0 Å². The van der Waals surface area contributed by atoms with Gasteiger partial charge in [0.2, 0.25) is 0 Å². The van der Waals surface area contributed by atoms with E-state index in [1.165, 1.54) is 24.1 Å². The van der Waals surface area contributed by atoms with Gasteiger partial charge in [0.25, 0.3) is 0 Å². The van der Waals surface area contributed by atoms with Crippen molar-refractivity contribution >= 4 is 16.6 Å². The van der Waals surface area contributed by atoms with Gasteiger partial charge in [-0.05, 0) is 37.3 Å². The molecule has 0 amide bonds. The van der Waals surface area contributed by atoms with Crippen LogP contribution in [0.15, 0.2) is 18.2 Å². The van der Waals surface area contributed by atoms with Crippen LogP contribution < -0.4 is 5.23 Å². The molecule has 4 nitrogen and oxygen atoms in total. The Balaban J connectivity index is 2.28. The van der Waals surface area contributed by atoms with E-state index in [1.54, 1.807) is 6.07 Å². The van der Waals surface area contributed by atoms with E-state index in [0.29, 0.717) is 5.69 Å². The molecule has 0 bridgehead atoms. The zero-order chi connectivity index (χ0) is 12.0. The van der Waals surface area contributed by atoms with Gasteiger partial charge < -0.3 is 9.77 Å². The van der Waals surface area contributed by atoms with Crippen LogP contribution in [-0.4, -0.2) is 9.77 Å². The molecule has 17 heavy (non-hydrogen) atoms. The average molecular weight is 232 g/mol. The lowest BCUT2D eigenvalue weighted by atomic mass is 9.95. The number of hydrogen-bond acceptors (Lipinski definition) is 2. The normalized spacial score (nSPS) is 17.1. The first-order chi connectivity index (χ1) is 8.18. The molecule has 1 atom stereocenters. The standard InChI is InChI=1S/C13H16N2O2/c1-14-12-5-3-2-4-10(12)11-8-9(15(16)17)6-7-13(11)14/h6-8,15-16H,2-5H2,1H3. The second-order valence-electron chi connectivity index (χ2n) is 4.73. The van der Waals surface area contributed by atoms with Crippen molar-refractivity contribution < 1.29 is 10.4 Å². The van der Waals surface area contributed by atoms with E-state index < -0.39 is 5.23 Å². The van der Waals surface area contributed by atoms with Crippen molar-refractivity contribution in [1.82, 2.24) is 4.57 Å². The van der Waals surface area contributed by atoms with Crippen LogP contribution in [0.2, 0.25) is 0 Å². The number of rotatable bonds is 1. The van der Waals surface area contributed by atoms with Crippen LogP contribution >= 0.6 is 0 Å². The van der Waals surface area contributed by atoms with E-state index >= 15 is 0 Å². The number of aromatic nitrogens is 1. The molecule has 2 aromatic rings. The third kappa shape index (κ3) is 1.57. The third-order valence-electron chi connectivity index (χ3n) is 3.77. The Morgan fingerprint density at radius 3 is 2.82 bits per heavy atom. The van der Waals surface area contributed by atoms with E-state index in [1.807, 2.05) is 12.1 Å². The molecule has 0 aliphatic heterocycles. The van der Waals surface area contributed by atoms with Crippen LogP contribution in [0.25, 0.3) is 10.9 Å². The van der Waals surface area contributed by atoms with E-state index in [-0.39, 0.29) is 0 Å². The highest BCUT2D eigenvalue weighted by Gasteiger charge is 2.19. The zero-order valence-corrected chi connectivity index (χ0v) is 9.86. The molecule has 1 aromatic heterocycles. The third-order valence-corrected chi connectivity index (χ3v) is 3.77.